The second kappa shape index (κ2) is 7.81. The van der Waals surface area contributed by atoms with E-state index >= 15 is 0 Å². The Morgan fingerprint density at radius 2 is 1.71 bits per heavy atom. The summed E-state index contributed by atoms with van der Waals surface area (Å²) in [4.78, 5) is 4.11. The number of aromatic nitrogens is 1. The largest absolute Gasteiger partial charge is 0.493 e. The lowest BCUT2D eigenvalue weighted by atomic mass is 10.1. The van der Waals surface area contributed by atoms with Gasteiger partial charge in [-0.15, -0.1) is 0 Å². The van der Waals surface area contributed by atoms with E-state index in [1.165, 1.54) is 0 Å². The van der Waals surface area contributed by atoms with Crippen LogP contribution in [-0.4, -0.2) is 12.1 Å². The molecule has 3 rings (SSSR count). The Hall–Kier alpha value is -1.85. The minimum absolute atomic E-state index is 0.488. The molecule has 1 heterocycles. The Balaban J connectivity index is 1.92. The van der Waals surface area contributed by atoms with E-state index in [1.807, 2.05) is 48.5 Å². The van der Waals surface area contributed by atoms with Crippen LogP contribution in [0.25, 0.3) is 11.1 Å². The van der Waals surface area contributed by atoms with Crippen LogP contribution in [-0.2, 0) is 6.61 Å². The number of benzene rings is 2. The van der Waals surface area contributed by atoms with Gasteiger partial charge in [-0.2, -0.15) is 0 Å². The minimum atomic E-state index is 0.488. The number of ether oxygens (including phenoxy) is 2. The first-order valence-electron chi connectivity index (χ1n) is 7.33. The minimum Gasteiger partial charge on any atom is -0.493 e. The number of hydrogen-bond acceptors (Lipinski definition) is 3. The van der Waals surface area contributed by atoms with Crippen LogP contribution in [0.5, 0.6) is 11.5 Å². The van der Waals surface area contributed by atoms with Crippen LogP contribution in [0.1, 0.15) is 5.56 Å². The number of rotatable bonds is 5. The molecule has 122 valence electrons. The van der Waals surface area contributed by atoms with E-state index in [1.54, 1.807) is 19.5 Å². The molecule has 0 saturated heterocycles. The Kier molecular flexibility index (Phi) is 5.53. The molecule has 3 aromatic rings. The van der Waals surface area contributed by atoms with Gasteiger partial charge in [0.15, 0.2) is 11.5 Å². The molecule has 1 aromatic heterocycles. The number of pyridine rings is 1. The Bertz CT molecular complexity index is 838. The van der Waals surface area contributed by atoms with Crippen molar-refractivity contribution in [2.24, 2.45) is 0 Å². The Morgan fingerprint density at radius 1 is 0.917 bits per heavy atom. The van der Waals surface area contributed by atoms with Crippen molar-refractivity contribution in [2.45, 2.75) is 6.61 Å². The molecule has 0 bridgehead atoms. The predicted molar refractivity (Wildman–Crippen MR) is 102 cm³/mol. The summed E-state index contributed by atoms with van der Waals surface area (Å²) in [6, 6.07) is 15.9. The molecule has 0 fully saturated rings. The van der Waals surface area contributed by atoms with E-state index in [0.29, 0.717) is 18.1 Å². The van der Waals surface area contributed by atoms with Crippen molar-refractivity contribution < 1.29 is 9.47 Å². The predicted octanol–water partition coefficient (Wildman–Crippen LogP) is 5.86. The summed E-state index contributed by atoms with van der Waals surface area (Å²) >= 11 is 7.17. The smallest absolute Gasteiger partial charge is 0.162 e. The zero-order valence-electron chi connectivity index (χ0n) is 13.0. The van der Waals surface area contributed by atoms with Gasteiger partial charge in [0.1, 0.15) is 6.61 Å². The number of nitrogens with zero attached hydrogens (tertiary/aromatic N) is 1. The highest BCUT2D eigenvalue weighted by Crippen LogP contribution is 2.40. The van der Waals surface area contributed by atoms with E-state index in [0.717, 1.165) is 25.6 Å². The molecule has 0 aliphatic carbocycles. The molecule has 0 unspecified atom stereocenters. The molecule has 0 radical (unpaired) electrons. The first kappa shape index (κ1) is 17.0. The van der Waals surface area contributed by atoms with Crippen LogP contribution in [0.4, 0.5) is 0 Å². The van der Waals surface area contributed by atoms with Crippen molar-refractivity contribution in [3.05, 3.63) is 75.4 Å². The van der Waals surface area contributed by atoms with Gasteiger partial charge in [0, 0.05) is 32.5 Å². The zero-order chi connectivity index (χ0) is 16.9. The second-order valence-corrected chi connectivity index (χ2v) is 6.82. The molecule has 24 heavy (non-hydrogen) atoms. The SMILES string of the molecule is COc1cc(-c2ccncc2Br)c(Br)cc1OCc1ccccc1. The lowest BCUT2D eigenvalue weighted by Crippen LogP contribution is -1.98. The maximum absolute atomic E-state index is 5.94. The van der Waals surface area contributed by atoms with Crippen molar-refractivity contribution >= 4 is 31.9 Å². The van der Waals surface area contributed by atoms with Crippen molar-refractivity contribution in [1.82, 2.24) is 4.98 Å². The normalized spacial score (nSPS) is 10.5. The van der Waals surface area contributed by atoms with Crippen molar-refractivity contribution in [2.75, 3.05) is 7.11 Å². The highest BCUT2D eigenvalue weighted by Gasteiger charge is 2.14. The van der Waals surface area contributed by atoms with Crippen molar-refractivity contribution in [3.63, 3.8) is 0 Å². The maximum atomic E-state index is 5.94. The van der Waals surface area contributed by atoms with Gasteiger partial charge in [-0.1, -0.05) is 46.3 Å². The quantitative estimate of drug-likeness (QED) is 0.489. The molecule has 0 aliphatic rings. The van der Waals surface area contributed by atoms with Gasteiger partial charge in [0.25, 0.3) is 0 Å². The molecule has 2 aromatic carbocycles. The maximum Gasteiger partial charge on any atom is 0.162 e. The lowest BCUT2D eigenvalue weighted by molar-refractivity contribution is 0.284. The third-order valence-electron chi connectivity index (χ3n) is 3.55. The van der Waals surface area contributed by atoms with Gasteiger partial charge in [-0.25, -0.2) is 0 Å². The van der Waals surface area contributed by atoms with E-state index < -0.39 is 0 Å². The third-order valence-corrected chi connectivity index (χ3v) is 4.84. The fraction of sp³-hybridized carbons (Fsp3) is 0.105. The number of halogens is 2. The summed E-state index contributed by atoms with van der Waals surface area (Å²) in [6.45, 7) is 0.488. The number of methoxy groups -OCH3 is 1. The Morgan fingerprint density at radius 3 is 2.42 bits per heavy atom. The van der Waals surface area contributed by atoms with Gasteiger partial charge in [0.05, 0.1) is 7.11 Å². The standard InChI is InChI=1S/C19H15Br2NO2/c1-23-18-9-15(14-7-8-22-11-17(14)21)16(20)10-19(18)24-12-13-5-3-2-4-6-13/h2-11H,12H2,1H3. The van der Waals surface area contributed by atoms with E-state index in [-0.39, 0.29) is 0 Å². The Labute approximate surface area is 157 Å². The van der Waals surface area contributed by atoms with Gasteiger partial charge in [0.2, 0.25) is 0 Å². The van der Waals surface area contributed by atoms with Crippen LogP contribution >= 0.6 is 31.9 Å². The zero-order valence-corrected chi connectivity index (χ0v) is 16.2. The molecule has 0 amide bonds. The molecule has 0 atom stereocenters. The molecule has 0 spiro atoms. The fourth-order valence-corrected chi connectivity index (χ4v) is 3.34. The van der Waals surface area contributed by atoms with E-state index in [2.05, 4.69) is 36.8 Å². The summed E-state index contributed by atoms with van der Waals surface area (Å²) in [7, 11) is 1.64. The van der Waals surface area contributed by atoms with Gasteiger partial charge >= 0.3 is 0 Å². The van der Waals surface area contributed by atoms with Crippen LogP contribution in [0.15, 0.2) is 69.9 Å². The molecule has 3 nitrogen and oxygen atoms in total. The van der Waals surface area contributed by atoms with Gasteiger partial charge in [-0.3, -0.25) is 4.98 Å². The second-order valence-electron chi connectivity index (χ2n) is 5.11. The highest BCUT2D eigenvalue weighted by molar-refractivity contribution is 9.11. The van der Waals surface area contributed by atoms with Crippen LogP contribution in [0, 0.1) is 0 Å². The van der Waals surface area contributed by atoms with Crippen molar-refractivity contribution in [1.29, 1.82) is 0 Å². The van der Waals surface area contributed by atoms with Crippen LogP contribution in [0.3, 0.4) is 0 Å². The number of hydrogen-bond donors (Lipinski definition) is 0. The van der Waals surface area contributed by atoms with Crippen LogP contribution in [0.2, 0.25) is 0 Å². The summed E-state index contributed by atoms with van der Waals surface area (Å²) in [5, 5.41) is 0. The summed E-state index contributed by atoms with van der Waals surface area (Å²) in [6.07, 6.45) is 3.53. The lowest BCUT2D eigenvalue weighted by Gasteiger charge is -2.15. The average molecular weight is 449 g/mol. The molecular formula is C19H15Br2NO2. The van der Waals surface area contributed by atoms with Gasteiger partial charge < -0.3 is 9.47 Å². The molecule has 5 heteroatoms. The summed E-state index contributed by atoms with van der Waals surface area (Å²) in [5.41, 5.74) is 3.15. The average Bonchev–Trinajstić information content (AvgIpc) is 2.62. The van der Waals surface area contributed by atoms with E-state index in [9.17, 15) is 0 Å². The molecule has 0 saturated carbocycles. The monoisotopic (exact) mass is 447 g/mol. The topological polar surface area (TPSA) is 31.4 Å². The highest BCUT2D eigenvalue weighted by atomic mass is 79.9. The molecule has 0 N–H and O–H groups in total. The van der Waals surface area contributed by atoms with Crippen molar-refractivity contribution in [3.8, 4) is 22.6 Å². The summed E-state index contributed by atoms with van der Waals surface area (Å²) < 4.78 is 13.3. The molecular weight excluding hydrogens is 434 g/mol. The molecule has 0 aliphatic heterocycles. The summed E-state index contributed by atoms with van der Waals surface area (Å²) in [5.74, 6) is 1.38. The van der Waals surface area contributed by atoms with Crippen LogP contribution < -0.4 is 9.47 Å². The first-order chi connectivity index (χ1) is 11.7. The fourth-order valence-electron chi connectivity index (χ4n) is 2.34. The van der Waals surface area contributed by atoms with E-state index in [4.69, 9.17) is 9.47 Å². The third kappa shape index (κ3) is 3.79. The van der Waals surface area contributed by atoms with Gasteiger partial charge in [-0.05, 0) is 39.7 Å². The first-order valence-corrected chi connectivity index (χ1v) is 8.92.